The van der Waals surface area contributed by atoms with Crippen LogP contribution in [0.1, 0.15) is 12.5 Å². The molecular weight excluding hydrogens is 184 g/mol. The second-order valence-corrected chi connectivity index (χ2v) is 4.21. The average Bonchev–Trinajstić information content (AvgIpc) is 2.54. The summed E-state index contributed by atoms with van der Waals surface area (Å²) in [5.74, 6) is 0. The molecule has 1 aliphatic rings. The van der Waals surface area contributed by atoms with E-state index in [4.69, 9.17) is 11.6 Å². The lowest BCUT2D eigenvalue weighted by Crippen LogP contribution is -2.27. The van der Waals surface area contributed by atoms with Gasteiger partial charge in [0, 0.05) is 23.5 Å². The minimum absolute atomic E-state index is 0.172. The highest BCUT2D eigenvalue weighted by atomic mass is 35.5. The number of benzene rings is 1. The van der Waals surface area contributed by atoms with Gasteiger partial charge in [0.25, 0.3) is 0 Å². The summed E-state index contributed by atoms with van der Waals surface area (Å²) in [5.41, 5.74) is 7.74. The largest absolute Gasteiger partial charge is 0.257 e. The molecule has 1 aromatic carbocycles. The summed E-state index contributed by atoms with van der Waals surface area (Å²) in [6.45, 7) is 4.13. The highest BCUT2D eigenvalue weighted by Gasteiger charge is 2.30. The van der Waals surface area contributed by atoms with Crippen molar-refractivity contribution < 1.29 is 0 Å². The Morgan fingerprint density at radius 3 is 2.62 bits per heavy atom. The minimum Gasteiger partial charge on any atom is -0.257 e. The van der Waals surface area contributed by atoms with Crippen LogP contribution >= 0.6 is 11.6 Å². The van der Waals surface area contributed by atoms with Crippen molar-refractivity contribution in [2.24, 2.45) is 0 Å². The van der Waals surface area contributed by atoms with Crippen molar-refractivity contribution in [3.63, 3.8) is 0 Å². The van der Waals surface area contributed by atoms with Gasteiger partial charge in [-0.2, -0.15) is 0 Å². The van der Waals surface area contributed by atoms with Crippen molar-refractivity contribution in [3.05, 3.63) is 34.9 Å². The number of halogens is 1. The third kappa shape index (κ3) is 1.70. The molecule has 1 heterocycles. The quantitative estimate of drug-likeness (QED) is 0.715. The van der Waals surface area contributed by atoms with E-state index >= 15 is 0 Å². The minimum atomic E-state index is 0.172. The van der Waals surface area contributed by atoms with Gasteiger partial charge in [-0.25, -0.2) is 0 Å². The highest BCUT2D eigenvalue weighted by molar-refractivity contribution is 6.30. The van der Waals surface area contributed by atoms with Crippen LogP contribution in [-0.4, -0.2) is 13.1 Å². The van der Waals surface area contributed by atoms with Crippen LogP contribution in [0.25, 0.3) is 0 Å². The molecule has 1 aromatic rings. The van der Waals surface area contributed by atoms with Gasteiger partial charge in [0.1, 0.15) is 0 Å². The first-order valence-electron chi connectivity index (χ1n) is 4.42. The molecule has 0 aromatic heterocycles. The number of hydrazine groups is 1. The second-order valence-electron chi connectivity index (χ2n) is 3.78. The Morgan fingerprint density at radius 2 is 2.00 bits per heavy atom. The Morgan fingerprint density at radius 1 is 1.31 bits per heavy atom. The third-order valence-electron chi connectivity index (χ3n) is 2.60. The Bertz CT molecular complexity index is 306. The maximum Gasteiger partial charge on any atom is 0.0408 e. The lowest BCUT2D eigenvalue weighted by atomic mass is 9.84. The van der Waals surface area contributed by atoms with E-state index in [1.54, 1.807) is 0 Å². The van der Waals surface area contributed by atoms with E-state index in [-0.39, 0.29) is 5.41 Å². The molecule has 2 nitrogen and oxygen atoms in total. The van der Waals surface area contributed by atoms with E-state index in [2.05, 4.69) is 23.8 Å². The first-order chi connectivity index (χ1) is 6.21. The Labute approximate surface area is 83.3 Å². The predicted octanol–water partition coefficient (Wildman–Crippen LogP) is 1.71. The lowest BCUT2D eigenvalue weighted by molar-refractivity contribution is 0.553. The topological polar surface area (TPSA) is 24.1 Å². The van der Waals surface area contributed by atoms with Crippen LogP contribution in [0.4, 0.5) is 0 Å². The second kappa shape index (κ2) is 3.29. The summed E-state index contributed by atoms with van der Waals surface area (Å²) in [6, 6.07) is 8.07. The van der Waals surface area contributed by atoms with Crippen LogP contribution in [0.3, 0.4) is 0 Å². The molecule has 3 heteroatoms. The summed E-state index contributed by atoms with van der Waals surface area (Å²) in [7, 11) is 0. The number of rotatable bonds is 1. The molecule has 2 rings (SSSR count). The van der Waals surface area contributed by atoms with Crippen molar-refractivity contribution in [1.82, 2.24) is 10.9 Å². The van der Waals surface area contributed by atoms with Crippen molar-refractivity contribution >= 4 is 11.6 Å². The molecular formula is C10H13ClN2. The highest BCUT2D eigenvalue weighted by Crippen LogP contribution is 2.26. The molecule has 70 valence electrons. The van der Waals surface area contributed by atoms with Crippen LogP contribution in [0.5, 0.6) is 0 Å². The van der Waals surface area contributed by atoms with Crippen LogP contribution in [0.2, 0.25) is 5.02 Å². The molecule has 0 spiro atoms. The van der Waals surface area contributed by atoms with Gasteiger partial charge >= 0.3 is 0 Å². The third-order valence-corrected chi connectivity index (χ3v) is 2.84. The summed E-state index contributed by atoms with van der Waals surface area (Å²) in [6.07, 6.45) is 0. The maximum absolute atomic E-state index is 5.94. The van der Waals surface area contributed by atoms with E-state index in [0.29, 0.717) is 0 Å². The molecule has 0 radical (unpaired) electrons. The fourth-order valence-electron chi connectivity index (χ4n) is 1.65. The Hall–Kier alpha value is -0.570. The van der Waals surface area contributed by atoms with Crippen molar-refractivity contribution in [2.75, 3.05) is 13.1 Å². The van der Waals surface area contributed by atoms with Gasteiger partial charge in [0.05, 0.1) is 0 Å². The van der Waals surface area contributed by atoms with Gasteiger partial charge in [-0.1, -0.05) is 30.7 Å². The van der Waals surface area contributed by atoms with Gasteiger partial charge < -0.3 is 0 Å². The van der Waals surface area contributed by atoms with Gasteiger partial charge in [-0.15, -0.1) is 0 Å². The molecule has 0 amide bonds. The van der Waals surface area contributed by atoms with Crippen molar-refractivity contribution in [3.8, 4) is 0 Å². The molecule has 0 saturated carbocycles. The fraction of sp³-hybridized carbons (Fsp3) is 0.400. The molecule has 1 fully saturated rings. The van der Waals surface area contributed by atoms with E-state index in [0.717, 1.165) is 18.1 Å². The van der Waals surface area contributed by atoms with Gasteiger partial charge in [0.2, 0.25) is 0 Å². The zero-order valence-electron chi connectivity index (χ0n) is 7.60. The van der Waals surface area contributed by atoms with Crippen LogP contribution in [0.15, 0.2) is 24.3 Å². The number of hydrogen-bond donors (Lipinski definition) is 2. The first-order valence-corrected chi connectivity index (χ1v) is 4.80. The monoisotopic (exact) mass is 196 g/mol. The molecule has 1 aliphatic heterocycles. The number of hydrogen-bond acceptors (Lipinski definition) is 2. The lowest BCUT2D eigenvalue weighted by Gasteiger charge is -2.22. The SMILES string of the molecule is CC1(c2cccc(Cl)c2)CNNC1. The number of nitrogens with one attached hydrogen (secondary N) is 2. The van der Waals surface area contributed by atoms with E-state index in [1.807, 2.05) is 18.2 Å². The standard InChI is InChI=1S/C10H13ClN2/c1-10(6-12-13-7-10)8-3-2-4-9(11)5-8/h2-5,12-13H,6-7H2,1H3. The average molecular weight is 197 g/mol. The summed E-state index contributed by atoms with van der Waals surface area (Å²) in [4.78, 5) is 0. The Kier molecular flexibility index (Phi) is 2.28. The smallest absolute Gasteiger partial charge is 0.0408 e. The fourth-order valence-corrected chi connectivity index (χ4v) is 1.84. The van der Waals surface area contributed by atoms with Crippen molar-refractivity contribution in [2.45, 2.75) is 12.3 Å². The van der Waals surface area contributed by atoms with E-state index in [1.165, 1.54) is 5.56 Å². The molecule has 0 atom stereocenters. The van der Waals surface area contributed by atoms with Gasteiger partial charge in [-0.05, 0) is 17.7 Å². The normalized spacial score (nSPS) is 20.5. The summed E-state index contributed by atoms with van der Waals surface area (Å²) in [5, 5.41) is 0.811. The molecule has 2 N–H and O–H groups in total. The maximum atomic E-state index is 5.94. The van der Waals surface area contributed by atoms with Gasteiger partial charge in [-0.3, -0.25) is 10.9 Å². The summed E-state index contributed by atoms with van der Waals surface area (Å²) < 4.78 is 0. The molecule has 0 bridgehead atoms. The zero-order valence-corrected chi connectivity index (χ0v) is 8.36. The predicted molar refractivity (Wildman–Crippen MR) is 54.8 cm³/mol. The first kappa shape index (κ1) is 9.00. The van der Waals surface area contributed by atoms with E-state index < -0.39 is 0 Å². The van der Waals surface area contributed by atoms with Gasteiger partial charge in [0.15, 0.2) is 0 Å². The summed E-state index contributed by atoms with van der Waals surface area (Å²) >= 11 is 5.94. The molecule has 0 aliphatic carbocycles. The molecule has 1 saturated heterocycles. The van der Waals surface area contributed by atoms with Crippen LogP contribution in [-0.2, 0) is 5.41 Å². The Balaban J connectivity index is 2.33. The molecule has 0 unspecified atom stereocenters. The molecule has 13 heavy (non-hydrogen) atoms. The van der Waals surface area contributed by atoms with Crippen molar-refractivity contribution in [1.29, 1.82) is 0 Å². The van der Waals surface area contributed by atoms with Crippen LogP contribution < -0.4 is 10.9 Å². The van der Waals surface area contributed by atoms with E-state index in [9.17, 15) is 0 Å². The zero-order chi connectivity index (χ0) is 9.31. The van der Waals surface area contributed by atoms with Crippen LogP contribution in [0, 0.1) is 0 Å².